The van der Waals surface area contributed by atoms with Crippen LogP contribution >= 0.6 is 0 Å². The van der Waals surface area contributed by atoms with Gasteiger partial charge in [0, 0.05) is 0 Å². The van der Waals surface area contributed by atoms with Crippen molar-refractivity contribution in [3.63, 3.8) is 0 Å². The van der Waals surface area contributed by atoms with Gasteiger partial charge in [0.15, 0.2) is 0 Å². The van der Waals surface area contributed by atoms with Crippen molar-refractivity contribution in [1.82, 2.24) is 0 Å². The molecule has 0 aromatic rings. The zero-order valence-electron chi connectivity index (χ0n) is 14.9. The third-order valence-corrected chi connectivity index (χ3v) is 8.61. The van der Waals surface area contributed by atoms with Crippen molar-refractivity contribution in [3.05, 3.63) is 0 Å². The zero-order chi connectivity index (χ0) is 16.8. The van der Waals surface area contributed by atoms with E-state index in [0.717, 1.165) is 19.3 Å². The van der Waals surface area contributed by atoms with E-state index in [2.05, 4.69) is 20.8 Å². The van der Waals surface area contributed by atoms with Crippen LogP contribution in [0, 0.1) is 0 Å². The molecule has 0 aromatic heterocycles. The van der Waals surface area contributed by atoms with Crippen LogP contribution in [-0.4, -0.2) is 82.5 Å². The Bertz CT molecular complexity index is 206. The van der Waals surface area contributed by atoms with Crippen LogP contribution in [-0.2, 0) is 22.7 Å². The van der Waals surface area contributed by atoms with Gasteiger partial charge in [0.05, 0.1) is 0 Å². The van der Waals surface area contributed by atoms with E-state index in [1.807, 2.05) is 0 Å². The van der Waals surface area contributed by atoms with Crippen molar-refractivity contribution in [3.8, 4) is 0 Å². The molecule has 22 heavy (non-hydrogen) atoms. The third kappa shape index (κ3) is 10.4. The molecule has 3 unspecified atom stereocenters. The van der Waals surface area contributed by atoms with Crippen LogP contribution in [0.15, 0.2) is 0 Å². The summed E-state index contributed by atoms with van der Waals surface area (Å²) in [6.07, 6.45) is 2.66. The van der Waals surface area contributed by atoms with Crippen molar-refractivity contribution in [2.75, 3.05) is 41.2 Å². The topological polar surface area (TPSA) is 55.4 Å². The number of hydrogen-bond donors (Lipinski definition) is 0. The normalized spacial score (nSPS) is 16.0. The number of ether oxygens (including phenoxy) is 3. The molecule has 7 heteroatoms. The monoisotopic (exact) mass is 518 g/mol. The summed E-state index contributed by atoms with van der Waals surface area (Å²) in [7, 11) is 5.03. The molecule has 0 aliphatic rings. The van der Waals surface area contributed by atoms with E-state index in [9.17, 15) is 0 Å². The first-order valence-electron chi connectivity index (χ1n) is 7.92. The van der Waals surface area contributed by atoms with Crippen LogP contribution in [0.5, 0.6) is 0 Å². The van der Waals surface area contributed by atoms with Gasteiger partial charge in [-0.25, -0.2) is 0 Å². The van der Waals surface area contributed by atoms with Gasteiger partial charge < -0.3 is 0 Å². The predicted octanol–water partition coefficient (Wildman–Crippen LogP) is 2.30. The molecule has 0 saturated heterocycles. The van der Waals surface area contributed by atoms with Crippen LogP contribution in [0.1, 0.15) is 40.0 Å². The van der Waals surface area contributed by atoms with Gasteiger partial charge in [-0.2, -0.15) is 0 Å². The number of methoxy groups -OCH3 is 3. The number of rotatable bonds is 15. The molecule has 0 N–H and O–H groups in total. The van der Waals surface area contributed by atoms with E-state index < -0.39 is 23.1 Å². The summed E-state index contributed by atoms with van der Waals surface area (Å²) in [6.45, 7) is 7.88. The molecule has 0 heterocycles. The van der Waals surface area contributed by atoms with Crippen LogP contribution in [0.3, 0.4) is 0 Å². The maximum absolute atomic E-state index is 6.12. The zero-order valence-corrected chi connectivity index (χ0v) is 18.3. The van der Waals surface area contributed by atoms with E-state index in [1.54, 1.807) is 21.3 Å². The molecule has 0 amide bonds. The molecule has 0 aliphatic carbocycles. The molecule has 0 fully saturated rings. The van der Waals surface area contributed by atoms with Crippen molar-refractivity contribution >= 4 is 23.1 Å². The molecule has 0 radical (unpaired) electrons. The van der Waals surface area contributed by atoms with Gasteiger partial charge >= 0.3 is 145 Å². The molecule has 3 atom stereocenters. The fourth-order valence-electron chi connectivity index (χ4n) is 1.67. The second kappa shape index (κ2) is 15.2. The van der Waals surface area contributed by atoms with Crippen LogP contribution in [0.4, 0.5) is 0 Å². The Morgan fingerprint density at radius 2 is 0.864 bits per heavy atom. The van der Waals surface area contributed by atoms with E-state index >= 15 is 0 Å². The molecule has 0 saturated carbocycles. The molecule has 0 rings (SSSR count). The van der Waals surface area contributed by atoms with E-state index in [0.29, 0.717) is 19.8 Å². The molecule has 134 valence electrons. The first-order valence-corrected chi connectivity index (χ1v) is 12.2. The summed E-state index contributed by atoms with van der Waals surface area (Å²) in [6, 6.07) is 0. The minimum absolute atomic E-state index is 0.0166. The second-order valence-electron chi connectivity index (χ2n) is 5.00. The van der Waals surface area contributed by atoms with Gasteiger partial charge in [0.2, 0.25) is 0 Å². The first-order chi connectivity index (χ1) is 10.6. The van der Waals surface area contributed by atoms with Crippen molar-refractivity contribution < 1.29 is 22.7 Å². The Labute approximate surface area is 145 Å². The Hall–Kier alpha value is 0.643. The second-order valence-corrected chi connectivity index (χ2v) is 9.19. The third-order valence-electron chi connectivity index (χ3n) is 3.13. The standard InChI is InChI=1S/3C5H11O2.Bi/c3*1-3-5(6)4-7-2;/h3*5H,3-4H2,1-2H3;/q3*-1;+3. The van der Waals surface area contributed by atoms with Crippen LogP contribution in [0.25, 0.3) is 0 Å². The minimum atomic E-state index is -3.02. The molecule has 0 spiro atoms. The fourth-order valence-corrected chi connectivity index (χ4v) is 7.53. The van der Waals surface area contributed by atoms with E-state index in [1.165, 1.54) is 0 Å². The van der Waals surface area contributed by atoms with Crippen LogP contribution < -0.4 is 0 Å². The van der Waals surface area contributed by atoms with E-state index in [-0.39, 0.29) is 18.3 Å². The van der Waals surface area contributed by atoms with Crippen molar-refractivity contribution in [2.45, 2.75) is 58.3 Å². The first kappa shape index (κ1) is 22.6. The SMILES string of the molecule is CCC(COC)[O][Bi]([O]C(CC)COC)[O]C(CC)COC. The summed E-state index contributed by atoms with van der Waals surface area (Å²) in [5.41, 5.74) is 0. The summed E-state index contributed by atoms with van der Waals surface area (Å²) in [5.74, 6) is 0. The summed E-state index contributed by atoms with van der Waals surface area (Å²) in [4.78, 5) is 0. The summed E-state index contributed by atoms with van der Waals surface area (Å²) < 4.78 is 34.0. The molecule has 0 aromatic carbocycles. The molecule has 0 aliphatic heterocycles. The van der Waals surface area contributed by atoms with Crippen molar-refractivity contribution in [1.29, 1.82) is 0 Å². The predicted molar refractivity (Wildman–Crippen MR) is 86.9 cm³/mol. The quantitative estimate of drug-likeness (QED) is 0.311. The Kier molecular flexibility index (Phi) is 15.6. The molecule has 6 nitrogen and oxygen atoms in total. The molecular formula is C15H33BiO6. The Morgan fingerprint density at radius 1 is 0.591 bits per heavy atom. The van der Waals surface area contributed by atoms with Crippen molar-refractivity contribution in [2.24, 2.45) is 0 Å². The van der Waals surface area contributed by atoms with Gasteiger partial charge in [-0.15, -0.1) is 0 Å². The Balaban J connectivity index is 4.71. The fraction of sp³-hybridized carbons (Fsp3) is 1.00. The molecular weight excluding hydrogens is 485 g/mol. The van der Waals surface area contributed by atoms with Gasteiger partial charge in [-0.3, -0.25) is 0 Å². The van der Waals surface area contributed by atoms with Gasteiger partial charge in [0.25, 0.3) is 0 Å². The maximum atomic E-state index is 6.12. The Morgan fingerprint density at radius 3 is 1.05 bits per heavy atom. The summed E-state index contributed by atoms with van der Waals surface area (Å²) >= 11 is -3.02. The molecule has 0 bridgehead atoms. The van der Waals surface area contributed by atoms with Gasteiger partial charge in [-0.1, -0.05) is 0 Å². The summed E-state index contributed by atoms with van der Waals surface area (Å²) in [5, 5.41) is 0. The number of hydrogen-bond acceptors (Lipinski definition) is 6. The van der Waals surface area contributed by atoms with Gasteiger partial charge in [0.1, 0.15) is 0 Å². The van der Waals surface area contributed by atoms with Gasteiger partial charge in [-0.05, 0) is 0 Å². The van der Waals surface area contributed by atoms with Crippen LogP contribution in [0.2, 0.25) is 0 Å². The van der Waals surface area contributed by atoms with E-state index in [4.69, 9.17) is 22.7 Å². The average molecular weight is 518 g/mol. The average Bonchev–Trinajstić information content (AvgIpc) is 2.53.